The van der Waals surface area contributed by atoms with Gasteiger partial charge in [-0.05, 0) is 19.1 Å². The molecule has 4 N–H and O–H groups in total. The Bertz CT molecular complexity index is 482. The van der Waals surface area contributed by atoms with E-state index >= 15 is 0 Å². The van der Waals surface area contributed by atoms with Crippen LogP contribution in [-0.4, -0.2) is 49.3 Å². The van der Waals surface area contributed by atoms with Crippen molar-refractivity contribution in [2.75, 3.05) is 30.8 Å². The van der Waals surface area contributed by atoms with Crippen LogP contribution in [0.4, 0.5) is 11.4 Å². The molecule has 6 nitrogen and oxygen atoms in total. The van der Waals surface area contributed by atoms with E-state index in [-0.39, 0.29) is 18.3 Å². The summed E-state index contributed by atoms with van der Waals surface area (Å²) in [6, 6.07) is 5.51. The van der Waals surface area contributed by atoms with Crippen molar-refractivity contribution in [2.45, 2.75) is 31.3 Å². The summed E-state index contributed by atoms with van der Waals surface area (Å²) >= 11 is 0. The Kier molecular flexibility index (Phi) is 3.69. The molecule has 2 aliphatic heterocycles. The normalized spacial score (nSPS) is 32.1. The van der Waals surface area contributed by atoms with Gasteiger partial charge in [0.25, 0.3) is 0 Å². The molecule has 0 bridgehead atoms. The number of anilines is 2. The fourth-order valence-electron chi connectivity index (χ4n) is 2.67. The Morgan fingerprint density at radius 2 is 2.15 bits per heavy atom. The summed E-state index contributed by atoms with van der Waals surface area (Å²) in [5, 5.41) is 12.9. The van der Waals surface area contributed by atoms with Crippen LogP contribution in [0.5, 0.6) is 5.75 Å². The van der Waals surface area contributed by atoms with Gasteiger partial charge in [-0.25, -0.2) is 0 Å². The number of nitrogens with one attached hydrogen (secondary N) is 1. The molecule has 4 atom stereocenters. The molecule has 2 heterocycles. The molecule has 0 aliphatic carbocycles. The first kappa shape index (κ1) is 13.5. The Morgan fingerprint density at radius 1 is 1.35 bits per heavy atom. The number of benzene rings is 1. The number of nitrogen functional groups attached to an aromatic ring is 1. The smallest absolute Gasteiger partial charge is 0.151 e. The van der Waals surface area contributed by atoms with E-state index in [1.807, 2.05) is 25.1 Å². The maximum Gasteiger partial charge on any atom is 0.151 e. The highest BCUT2D eigenvalue weighted by molar-refractivity contribution is 5.68. The number of fused-ring (bicyclic) bond motifs is 1. The molecule has 1 aromatic carbocycles. The van der Waals surface area contributed by atoms with Crippen LogP contribution >= 0.6 is 0 Å². The fraction of sp³-hybridized carbons (Fsp3) is 0.571. The van der Waals surface area contributed by atoms with Gasteiger partial charge in [0.1, 0.15) is 24.1 Å². The van der Waals surface area contributed by atoms with Crippen LogP contribution in [0.25, 0.3) is 0 Å². The molecule has 3 rings (SSSR count). The zero-order valence-corrected chi connectivity index (χ0v) is 11.4. The van der Waals surface area contributed by atoms with Gasteiger partial charge in [-0.15, -0.1) is 0 Å². The van der Waals surface area contributed by atoms with Gasteiger partial charge < -0.3 is 30.4 Å². The predicted molar refractivity (Wildman–Crippen MR) is 74.9 cm³/mol. The maximum absolute atomic E-state index is 9.70. The summed E-state index contributed by atoms with van der Waals surface area (Å²) in [6.45, 7) is 3.53. The van der Waals surface area contributed by atoms with Crippen molar-refractivity contribution in [2.24, 2.45) is 0 Å². The van der Waals surface area contributed by atoms with E-state index in [0.717, 1.165) is 18.0 Å². The number of nitrogens with two attached hydrogens (primary N) is 1. The van der Waals surface area contributed by atoms with Crippen LogP contribution in [0.3, 0.4) is 0 Å². The first-order valence-electron chi connectivity index (χ1n) is 6.90. The van der Waals surface area contributed by atoms with E-state index in [2.05, 4.69) is 5.32 Å². The topological polar surface area (TPSA) is 86.0 Å². The van der Waals surface area contributed by atoms with Crippen molar-refractivity contribution in [1.82, 2.24) is 0 Å². The number of aliphatic hydroxyl groups excluding tert-OH is 1. The van der Waals surface area contributed by atoms with Crippen LogP contribution in [-0.2, 0) is 9.47 Å². The van der Waals surface area contributed by atoms with Crippen molar-refractivity contribution in [1.29, 1.82) is 0 Å². The minimum Gasteiger partial charge on any atom is -0.485 e. The molecule has 0 aromatic heterocycles. The number of hydrogen-bond donors (Lipinski definition) is 3. The molecule has 4 unspecified atom stereocenters. The molecule has 1 aromatic rings. The first-order valence-corrected chi connectivity index (χ1v) is 6.90. The molecular formula is C14H20N2O4. The summed E-state index contributed by atoms with van der Waals surface area (Å²) in [7, 11) is 0. The number of ether oxygens (including phenoxy) is 3. The lowest BCUT2D eigenvalue weighted by Gasteiger charge is -2.19. The van der Waals surface area contributed by atoms with E-state index in [1.165, 1.54) is 0 Å². The van der Waals surface area contributed by atoms with Crippen molar-refractivity contribution >= 4 is 11.4 Å². The maximum atomic E-state index is 9.70. The monoisotopic (exact) mass is 280 g/mol. The summed E-state index contributed by atoms with van der Waals surface area (Å²) < 4.78 is 17.0. The van der Waals surface area contributed by atoms with Gasteiger partial charge in [0.05, 0.1) is 24.6 Å². The largest absolute Gasteiger partial charge is 0.485 e. The quantitative estimate of drug-likeness (QED) is 0.701. The summed E-state index contributed by atoms with van der Waals surface area (Å²) in [5.41, 5.74) is 7.43. The van der Waals surface area contributed by atoms with Gasteiger partial charge in [-0.3, -0.25) is 0 Å². The van der Waals surface area contributed by atoms with Gasteiger partial charge in [0, 0.05) is 12.6 Å². The molecule has 0 amide bonds. The third kappa shape index (κ3) is 2.42. The first-order chi connectivity index (χ1) is 9.69. The Balaban J connectivity index is 1.70. The lowest BCUT2D eigenvalue weighted by molar-refractivity contribution is 0.00864. The summed E-state index contributed by atoms with van der Waals surface area (Å²) in [6.07, 6.45) is -1.24. The second-order valence-electron chi connectivity index (χ2n) is 5.10. The van der Waals surface area contributed by atoms with Crippen molar-refractivity contribution < 1.29 is 19.3 Å². The minimum atomic E-state index is -0.558. The highest BCUT2D eigenvalue weighted by Gasteiger charge is 2.48. The van der Waals surface area contributed by atoms with Crippen LogP contribution in [0, 0.1) is 0 Å². The predicted octanol–water partition coefficient (Wildman–Crippen LogP) is 0.606. The molecular weight excluding hydrogens is 260 g/mol. The Hall–Kier alpha value is -1.50. The zero-order valence-electron chi connectivity index (χ0n) is 11.4. The average Bonchev–Trinajstić information content (AvgIpc) is 2.99. The summed E-state index contributed by atoms with van der Waals surface area (Å²) in [5.74, 6) is 0.717. The van der Waals surface area contributed by atoms with E-state index in [0.29, 0.717) is 18.9 Å². The molecule has 2 saturated heterocycles. The molecule has 6 heteroatoms. The van der Waals surface area contributed by atoms with Crippen LogP contribution in [0.1, 0.15) is 6.92 Å². The number of hydrogen-bond acceptors (Lipinski definition) is 6. The Labute approximate surface area is 117 Å². The molecule has 110 valence electrons. The van der Waals surface area contributed by atoms with Crippen molar-refractivity contribution in [3.05, 3.63) is 18.2 Å². The highest BCUT2D eigenvalue weighted by atomic mass is 16.6. The molecule has 0 saturated carbocycles. The van der Waals surface area contributed by atoms with Gasteiger partial charge in [-0.2, -0.15) is 0 Å². The lowest BCUT2D eigenvalue weighted by atomic mass is 10.1. The number of rotatable bonds is 4. The van der Waals surface area contributed by atoms with Crippen molar-refractivity contribution in [3.63, 3.8) is 0 Å². The zero-order chi connectivity index (χ0) is 14.1. The summed E-state index contributed by atoms with van der Waals surface area (Å²) in [4.78, 5) is 0. The number of aliphatic hydroxyl groups is 1. The van der Waals surface area contributed by atoms with E-state index in [1.54, 1.807) is 0 Å². The molecule has 2 fully saturated rings. The van der Waals surface area contributed by atoms with Crippen LogP contribution < -0.4 is 15.8 Å². The van der Waals surface area contributed by atoms with Gasteiger partial charge in [-0.1, -0.05) is 0 Å². The SMILES string of the molecule is CCNc1cc(OC2COC3C(O)COC23)ccc1N. The van der Waals surface area contributed by atoms with Gasteiger partial charge >= 0.3 is 0 Å². The van der Waals surface area contributed by atoms with Crippen LogP contribution in [0.15, 0.2) is 18.2 Å². The second-order valence-corrected chi connectivity index (χ2v) is 5.10. The van der Waals surface area contributed by atoms with E-state index in [4.69, 9.17) is 19.9 Å². The molecule has 20 heavy (non-hydrogen) atoms. The molecule has 2 aliphatic rings. The third-order valence-electron chi connectivity index (χ3n) is 3.66. The highest BCUT2D eigenvalue weighted by Crippen LogP contribution is 2.31. The Morgan fingerprint density at radius 3 is 2.95 bits per heavy atom. The third-order valence-corrected chi connectivity index (χ3v) is 3.66. The second kappa shape index (κ2) is 5.47. The molecule has 0 radical (unpaired) electrons. The lowest BCUT2D eigenvalue weighted by Crippen LogP contribution is -2.34. The van der Waals surface area contributed by atoms with Gasteiger partial charge in [0.15, 0.2) is 6.10 Å². The molecule has 0 spiro atoms. The van der Waals surface area contributed by atoms with Crippen LogP contribution in [0.2, 0.25) is 0 Å². The van der Waals surface area contributed by atoms with E-state index < -0.39 is 6.10 Å². The van der Waals surface area contributed by atoms with E-state index in [9.17, 15) is 5.11 Å². The fourth-order valence-corrected chi connectivity index (χ4v) is 2.67. The average molecular weight is 280 g/mol. The standard InChI is InChI=1S/C14H20N2O4/c1-2-16-10-5-8(3-4-9(10)15)20-12-7-19-13-11(17)6-18-14(12)13/h3-5,11-14,16-17H,2,6-7,15H2,1H3. The minimum absolute atomic E-state index is 0.199. The van der Waals surface area contributed by atoms with Crippen molar-refractivity contribution in [3.8, 4) is 5.75 Å². The van der Waals surface area contributed by atoms with Gasteiger partial charge in [0.2, 0.25) is 0 Å².